The molecule has 0 spiro atoms. The molecule has 2 aromatic carbocycles. The molecule has 2 saturated heterocycles. The molecular formula is C34H39N5O3. The number of phenolic OH excluding ortho intramolecular Hbond substituents is 1. The lowest BCUT2D eigenvalue weighted by Crippen LogP contribution is -2.45. The normalized spacial score (nSPS) is 20.7. The van der Waals surface area contributed by atoms with Crippen molar-refractivity contribution in [2.75, 3.05) is 38.1 Å². The molecule has 4 heterocycles. The number of carbonyl (C=O) groups is 2. The number of aromatic nitrogens is 1. The van der Waals surface area contributed by atoms with Crippen LogP contribution >= 0.6 is 0 Å². The Bertz CT molecular complexity index is 1510. The highest BCUT2D eigenvalue weighted by molar-refractivity contribution is 6.01. The summed E-state index contributed by atoms with van der Waals surface area (Å²) in [4.78, 5) is 40.0. The zero-order valence-corrected chi connectivity index (χ0v) is 24.3. The van der Waals surface area contributed by atoms with E-state index in [0.717, 1.165) is 86.5 Å². The summed E-state index contributed by atoms with van der Waals surface area (Å²) < 4.78 is 0. The van der Waals surface area contributed by atoms with Crippen molar-refractivity contribution in [2.24, 2.45) is 0 Å². The Balaban J connectivity index is 0.964. The van der Waals surface area contributed by atoms with Crippen molar-refractivity contribution < 1.29 is 14.7 Å². The molecule has 218 valence electrons. The van der Waals surface area contributed by atoms with Crippen molar-refractivity contribution >= 4 is 17.6 Å². The van der Waals surface area contributed by atoms with Gasteiger partial charge in [0.25, 0.3) is 11.8 Å². The second-order valence-corrected chi connectivity index (χ2v) is 12.4. The second kappa shape index (κ2) is 11.1. The summed E-state index contributed by atoms with van der Waals surface area (Å²) in [6.07, 6.45) is 8.03. The zero-order chi connectivity index (χ0) is 28.8. The molecule has 0 bridgehead atoms. The summed E-state index contributed by atoms with van der Waals surface area (Å²) in [5, 5.41) is 10.2. The van der Waals surface area contributed by atoms with Crippen molar-refractivity contribution in [3.8, 4) is 5.75 Å². The molecule has 1 N–H and O–H groups in total. The number of hydrogen-bond acceptors (Lipinski definition) is 6. The van der Waals surface area contributed by atoms with E-state index in [2.05, 4.69) is 26.9 Å². The molecule has 0 unspecified atom stereocenters. The number of amides is 2. The third-order valence-electron chi connectivity index (χ3n) is 9.83. The zero-order valence-electron chi connectivity index (χ0n) is 24.3. The summed E-state index contributed by atoms with van der Waals surface area (Å²) in [7, 11) is 1.94. The molecular weight excluding hydrogens is 526 g/mol. The predicted octanol–water partition coefficient (Wildman–Crippen LogP) is 4.77. The van der Waals surface area contributed by atoms with E-state index in [1.807, 2.05) is 47.3 Å². The van der Waals surface area contributed by atoms with E-state index >= 15 is 0 Å². The van der Waals surface area contributed by atoms with Gasteiger partial charge in [0.15, 0.2) is 0 Å². The van der Waals surface area contributed by atoms with Gasteiger partial charge in [0, 0.05) is 64.1 Å². The Morgan fingerprint density at radius 1 is 1.00 bits per heavy atom. The van der Waals surface area contributed by atoms with E-state index in [9.17, 15) is 14.7 Å². The van der Waals surface area contributed by atoms with Gasteiger partial charge in [-0.05, 0) is 91.1 Å². The van der Waals surface area contributed by atoms with Crippen LogP contribution in [0.1, 0.15) is 81.1 Å². The Morgan fingerprint density at radius 3 is 2.60 bits per heavy atom. The molecule has 1 atom stereocenters. The average Bonchev–Trinajstić information content (AvgIpc) is 3.76. The van der Waals surface area contributed by atoms with Crippen LogP contribution in [0, 0.1) is 0 Å². The Hall–Kier alpha value is -3.91. The van der Waals surface area contributed by atoms with Crippen molar-refractivity contribution in [1.82, 2.24) is 19.7 Å². The quantitative estimate of drug-likeness (QED) is 0.464. The molecule has 1 aliphatic carbocycles. The van der Waals surface area contributed by atoms with Crippen LogP contribution in [0.25, 0.3) is 0 Å². The van der Waals surface area contributed by atoms with Crippen LogP contribution in [-0.4, -0.2) is 75.9 Å². The largest absolute Gasteiger partial charge is 0.507 e. The number of likely N-dealkylation sites (tertiary alicyclic amines) is 1. The van der Waals surface area contributed by atoms with Crippen LogP contribution in [-0.2, 0) is 19.5 Å². The SMILES string of the molecule is CN(C(=O)c1ccc2c(c1)CC[C@H]2N1Cc2cccc(O)c2C1=O)C1CCN(Cc2ccnc(N3CCCC3)c2)CC1. The summed E-state index contributed by atoms with van der Waals surface area (Å²) >= 11 is 0. The van der Waals surface area contributed by atoms with Crippen LogP contribution in [0.4, 0.5) is 5.82 Å². The van der Waals surface area contributed by atoms with Crippen molar-refractivity contribution in [2.45, 2.75) is 63.7 Å². The Kier molecular flexibility index (Phi) is 7.10. The number of piperidine rings is 1. The van der Waals surface area contributed by atoms with Gasteiger partial charge in [0.2, 0.25) is 0 Å². The minimum atomic E-state index is -0.108. The summed E-state index contributed by atoms with van der Waals surface area (Å²) in [5.74, 6) is 1.11. The first kappa shape index (κ1) is 27.0. The van der Waals surface area contributed by atoms with Crippen LogP contribution in [0.3, 0.4) is 0 Å². The second-order valence-electron chi connectivity index (χ2n) is 12.4. The topological polar surface area (TPSA) is 80.2 Å². The van der Waals surface area contributed by atoms with E-state index in [4.69, 9.17) is 0 Å². The first-order valence-electron chi connectivity index (χ1n) is 15.4. The smallest absolute Gasteiger partial charge is 0.258 e. The maximum Gasteiger partial charge on any atom is 0.258 e. The van der Waals surface area contributed by atoms with E-state index in [-0.39, 0.29) is 29.6 Å². The number of benzene rings is 2. The number of nitrogens with zero attached hydrogens (tertiary/aromatic N) is 5. The number of rotatable bonds is 6. The lowest BCUT2D eigenvalue weighted by atomic mass is 10.00. The monoisotopic (exact) mass is 565 g/mol. The van der Waals surface area contributed by atoms with Crippen LogP contribution in [0.15, 0.2) is 54.7 Å². The average molecular weight is 566 g/mol. The van der Waals surface area contributed by atoms with Gasteiger partial charge in [-0.15, -0.1) is 0 Å². The van der Waals surface area contributed by atoms with Crippen molar-refractivity contribution in [3.05, 3.63) is 88.1 Å². The van der Waals surface area contributed by atoms with E-state index < -0.39 is 0 Å². The van der Waals surface area contributed by atoms with E-state index in [1.165, 1.54) is 18.4 Å². The number of pyridine rings is 1. The molecule has 8 heteroatoms. The highest BCUT2D eigenvalue weighted by Gasteiger charge is 2.38. The Labute approximate surface area is 247 Å². The molecule has 2 amide bonds. The number of fused-ring (bicyclic) bond motifs is 2. The number of anilines is 1. The summed E-state index contributed by atoms with van der Waals surface area (Å²) in [6.45, 7) is 5.57. The fourth-order valence-corrected chi connectivity index (χ4v) is 7.44. The third kappa shape index (κ3) is 4.91. The number of hydrogen-bond donors (Lipinski definition) is 1. The van der Waals surface area contributed by atoms with Gasteiger partial charge in [-0.25, -0.2) is 4.98 Å². The maximum atomic E-state index is 13.6. The highest BCUT2D eigenvalue weighted by atomic mass is 16.3. The molecule has 42 heavy (non-hydrogen) atoms. The number of aromatic hydroxyl groups is 1. The van der Waals surface area contributed by atoms with Gasteiger partial charge in [0.1, 0.15) is 11.6 Å². The minimum Gasteiger partial charge on any atom is -0.507 e. The number of carbonyl (C=O) groups excluding carboxylic acids is 2. The van der Waals surface area contributed by atoms with Gasteiger partial charge in [0.05, 0.1) is 11.6 Å². The van der Waals surface area contributed by atoms with Gasteiger partial charge in [-0.2, -0.15) is 0 Å². The molecule has 7 rings (SSSR count). The first-order chi connectivity index (χ1) is 20.5. The Morgan fingerprint density at radius 2 is 1.81 bits per heavy atom. The fraction of sp³-hybridized carbons (Fsp3) is 0.441. The molecule has 2 fully saturated rings. The van der Waals surface area contributed by atoms with Crippen LogP contribution < -0.4 is 4.90 Å². The number of aryl methyl sites for hydroxylation is 1. The van der Waals surface area contributed by atoms with E-state index in [0.29, 0.717) is 12.1 Å². The van der Waals surface area contributed by atoms with Crippen molar-refractivity contribution in [3.63, 3.8) is 0 Å². The summed E-state index contributed by atoms with van der Waals surface area (Å²) in [6, 6.07) is 15.8. The molecule has 3 aromatic rings. The summed E-state index contributed by atoms with van der Waals surface area (Å²) in [5.41, 5.74) is 5.60. The third-order valence-corrected chi connectivity index (χ3v) is 9.83. The highest BCUT2D eigenvalue weighted by Crippen LogP contribution is 2.42. The fourth-order valence-electron chi connectivity index (χ4n) is 7.44. The molecule has 3 aliphatic heterocycles. The van der Waals surface area contributed by atoms with Crippen LogP contribution in [0.2, 0.25) is 0 Å². The lowest BCUT2D eigenvalue weighted by Gasteiger charge is -2.37. The standard InChI is InChI=1S/C34H39N5O3/c1-36(27-12-17-37(18-13-27)21-23-11-14-35-31(19-23)38-15-2-3-16-38)33(41)25-7-9-28-24(20-25)8-10-29(28)39-22-26-5-4-6-30(40)32(26)34(39)42/h4-7,9,11,14,19-20,27,29,40H,2-3,8,10,12-13,15-18,21-22H2,1H3/t29-/m1/s1. The van der Waals surface area contributed by atoms with Gasteiger partial charge in [-0.3, -0.25) is 14.5 Å². The maximum absolute atomic E-state index is 13.6. The molecule has 4 aliphatic rings. The van der Waals surface area contributed by atoms with E-state index in [1.54, 1.807) is 12.1 Å². The number of phenols is 1. The molecule has 1 aromatic heterocycles. The lowest BCUT2D eigenvalue weighted by molar-refractivity contribution is 0.0635. The van der Waals surface area contributed by atoms with Crippen LogP contribution in [0.5, 0.6) is 5.75 Å². The first-order valence-corrected chi connectivity index (χ1v) is 15.4. The van der Waals surface area contributed by atoms with Gasteiger partial charge >= 0.3 is 0 Å². The molecule has 0 radical (unpaired) electrons. The molecule has 0 saturated carbocycles. The minimum absolute atomic E-state index is 0.0302. The van der Waals surface area contributed by atoms with Gasteiger partial charge in [-0.1, -0.05) is 18.2 Å². The van der Waals surface area contributed by atoms with Crippen molar-refractivity contribution in [1.29, 1.82) is 0 Å². The predicted molar refractivity (Wildman–Crippen MR) is 162 cm³/mol. The van der Waals surface area contributed by atoms with Gasteiger partial charge < -0.3 is 19.8 Å². The molecule has 8 nitrogen and oxygen atoms in total.